The number of furan rings is 1. The van der Waals surface area contributed by atoms with E-state index < -0.39 is 0 Å². The van der Waals surface area contributed by atoms with E-state index in [-0.39, 0.29) is 5.91 Å². The molecule has 1 aliphatic rings. The molecule has 2 aromatic rings. The highest BCUT2D eigenvalue weighted by Gasteiger charge is 2.22. The maximum Gasteiger partial charge on any atom is 0.260 e. The molecule has 1 unspecified atom stereocenters. The highest BCUT2D eigenvalue weighted by atomic mass is 79.9. The van der Waals surface area contributed by atoms with Gasteiger partial charge in [0.1, 0.15) is 6.26 Å². The van der Waals surface area contributed by atoms with Crippen LogP contribution in [0.5, 0.6) is 0 Å². The minimum absolute atomic E-state index is 0.183. The minimum Gasteiger partial charge on any atom is -0.457 e. The minimum atomic E-state index is -0.183. The molecule has 0 fully saturated rings. The third kappa shape index (κ3) is 2.81. The van der Waals surface area contributed by atoms with Gasteiger partial charge in [0.25, 0.3) is 5.91 Å². The van der Waals surface area contributed by atoms with Gasteiger partial charge in [0.15, 0.2) is 9.80 Å². The van der Waals surface area contributed by atoms with Crippen LogP contribution >= 0.6 is 27.3 Å². The van der Waals surface area contributed by atoms with E-state index in [9.17, 15) is 4.79 Å². The Balaban J connectivity index is 1.73. The van der Waals surface area contributed by atoms with Gasteiger partial charge in [-0.05, 0) is 41.1 Å². The Labute approximate surface area is 129 Å². The number of carbonyl (C=O) groups is 1. The number of nitrogens with zero attached hydrogens (tertiary/aromatic N) is 1. The summed E-state index contributed by atoms with van der Waals surface area (Å²) < 4.78 is 5.62. The molecule has 106 valence electrons. The van der Waals surface area contributed by atoms with Gasteiger partial charge in [-0.1, -0.05) is 13.3 Å². The van der Waals surface area contributed by atoms with Crippen LogP contribution in [0.25, 0.3) is 0 Å². The Morgan fingerprint density at radius 1 is 1.65 bits per heavy atom. The van der Waals surface area contributed by atoms with Gasteiger partial charge in [-0.3, -0.25) is 10.1 Å². The number of fused-ring (bicyclic) bond motifs is 1. The van der Waals surface area contributed by atoms with Gasteiger partial charge in [0, 0.05) is 10.9 Å². The number of amides is 1. The smallest absolute Gasteiger partial charge is 0.260 e. The van der Waals surface area contributed by atoms with Crippen molar-refractivity contribution >= 4 is 38.3 Å². The van der Waals surface area contributed by atoms with Gasteiger partial charge in [0.2, 0.25) is 0 Å². The van der Waals surface area contributed by atoms with Crippen molar-refractivity contribution < 1.29 is 9.21 Å². The average molecular weight is 355 g/mol. The summed E-state index contributed by atoms with van der Waals surface area (Å²) in [5.74, 6) is 0.578. The molecule has 0 aromatic carbocycles. The topological polar surface area (TPSA) is 55.1 Å². The number of hydrogen-bond acceptors (Lipinski definition) is 4. The van der Waals surface area contributed by atoms with E-state index in [1.165, 1.54) is 24.0 Å². The third-order valence-electron chi connectivity index (χ3n) is 3.67. The fraction of sp³-hybridized carbons (Fsp3) is 0.429. The van der Waals surface area contributed by atoms with Crippen molar-refractivity contribution in [3.8, 4) is 0 Å². The molecule has 1 amide bonds. The molecular weight excluding hydrogens is 340 g/mol. The Bertz CT molecular complexity index is 635. The molecule has 1 N–H and O–H groups in total. The highest BCUT2D eigenvalue weighted by Crippen LogP contribution is 2.33. The van der Waals surface area contributed by atoms with Crippen molar-refractivity contribution in [1.29, 1.82) is 0 Å². The number of thiazole rings is 1. The van der Waals surface area contributed by atoms with Gasteiger partial charge >= 0.3 is 0 Å². The molecule has 3 rings (SSSR count). The van der Waals surface area contributed by atoms with Gasteiger partial charge in [-0.2, -0.15) is 0 Å². The van der Waals surface area contributed by atoms with Crippen LogP contribution in [0.1, 0.15) is 40.7 Å². The lowest BCUT2D eigenvalue weighted by Gasteiger charge is -2.18. The number of carbonyl (C=O) groups excluding carboxylic acids is 1. The van der Waals surface area contributed by atoms with Crippen molar-refractivity contribution in [2.24, 2.45) is 5.92 Å². The zero-order valence-electron chi connectivity index (χ0n) is 11.1. The van der Waals surface area contributed by atoms with Crippen LogP contribution in [0.2, 0.25) is 0 Å². The summed E-state index contributed by atoms with van der Waals surface area (Å²) in [6.07, 6.45) is 5.96. The average Bonchev–Trinajstić information content (AvgIpc) is 3.03. The maximum absolute atomic E-state index is 12.0. The molecular formula is C14H15BrN2O2S. The van der Waals surface area contributed by atoms with E-state index in [4.69, 9.17) is 4.42 Å². The summed E-state index contributed by atoms with van der Waals surface area (Å²) in [6, 6.07) is 1.65. The SMILES string of the molecule is CCC1CCc2nc(NC(=O)c3coc(Br)c3)sc2C1. The first-order chi connectivity index (χ1) is 9.65. The molecule has 0 radical (unpaired) electrons. The lowest BCUT2D eigenvalue weighted by atomic mass is 9.89. The number of rotatable bonds is 3. The molecule has 6 heteroatoms. The van der Waals surface area contributed by atoms with Crippen LogP contribution in [0.15, 0.2) is 21.4 Å². The van der Waals surface area contributed by atoms with Gasteiger partial charge in [0.05, 0.1) is 11.3 Å². The second-order valence-corrected chi connectivity index (χ2v) is 6.86. The van der Waals surface area contributed by atoms with Crippen LogP contribution in [-0.4, -0.2) is 10.9 Å². The molecule has 0 saturated carbocycles. The van der Waals surface area contributed by atoms with Crippen molar-refractivity contribution in [3.05, 3.63) is 33.1 Å². The Morgan fingerprint density at radius 2 is 2.50 bits per heavy atom. The van der Waals surface area contributed by atoms with E-state index in [0.717, 1.165) is 24.5 Å². The second-order valence-electron chi connectivity index (χ2n) is 5.00. The van der Waals surface area contributed by atoms with E-state index in [1.807, 2.05) is 0 Å². The van der Waals surface area contributed by atoms with E-state index in [2.05, 4.69) is 33.2 Å². The predicted octanol–water partition coefficient (Wildman–Crippen LogP) is 4.27. The quantitative estimate of drug-likeness (QED) is 0.895. The lowest BCUT2D eigenvalue weighted by Crippen LogP contribution is -2.12. The number of hydrogen-bond donors (Lipinski definition) is 1. The molecule has 1 atom stereocenters. The number of halogens is 1. The van der Waals surface area contributed by atoms with E-state index in [1.54, 1.807) is 17.4 Å². The molecule has 0 spiro atoms. The molecule has 0 aliphatic heterocycles. The summed E-state index contributed by atoms with van der Waals surface area (Å²) in [4.78, 5) is 17.9. The first-order valence-corrected chi connectivity index (χ1v) is 8.30. The highest BCUT2D eigenvalue weighted by molar-refractivity contribution is 9.10. The Hall–Kier alpha value is -1.14. The third-order valence-corrected chi connectivity index (χ3v) is 5.12. The van der Waals surface area contributed by atoms with Crippen molar-refractivity contribution in [1.82, 2.24) is 4.98 Å². The van der Waals surface area contributed by atoms with Gasteiger partial charge in [-0.15, -0.1) is 11.3 Å². The van der Waals surface area contributed by atoms with Gasteiger partial charge in [-0.25, -0.2) is 4.98 Å². The molecule has 4 nitrogen and oxygen atoms in total. The Kier molecular flexibility index (Phi) is 3.94. The van der Waals surface area contributed by atoms with E-state index >= 15 is 0 Å². The van der Waals surface area contributed by atoms with Crippen LogP contribution in [-0.2, 0) is 12.8 Å². The summed E-state index contributed by atoms with van der Waals surface area (Å²) in [5, 5.41) is 3.54. The van der Waals surface area contributed by atoms with Crippen molar-refractivity contribution in [3.63, 3.8) is 0 Å². The van der Waals surface area contributed by atoms with E-state index in [0.29, 0.717) is 15.4 Å². The molecule has 0 bridgehead atoms. The van der Waals surface area contributed by atoms with Crippen LogP contribution < -0.4 is 5.32 Å². The number of nitrogens with one attached hydrogen (secondary N) is 1. The normalized spacial score (nSPS) is 17.8. The summed E-state index contributed by atoms with van der Waals surface area (Å²) in [6.45, 7) is 2.23. The van der Waals surface area contributed by atoms with Crippen LogP contribution in [0, 0.1) is 5.92 Å². The second kappa shape index (κ2) is 5.69. The first-order valence-electron chi connectivity index (χ1n) is 6.69. The fourth-order valence-corrected chi connectivity index (χ4v) is 3.90. The summed E-state index contributed by atoms with van der Waals surface area (Å²) in [7, 11) is 0. The number of aromatic nitrogens is 1. The first kappa shape index (κ1) is 13.8. The standard InChI is InChI=1S/C14H15BrN2O2S/c1-2-8-3-4-10-11(5-8)20-14(16-10)17-13(18)9-6-12(15)19-7-9/h6-8H,2-5H2,1H3,(H,16,17,18). The monoisotopic (exact) mass is 354 g/mol. The lowest BCUT2D eigenvalue weighted by molar-refractivity contribution is 0.102. The number of anilines is 1. The zero-order chi connectivity index (χ0) is 14.1. The maximum atomic E-state index is 12.0. The predicted molar refractivity (Wildman–Crippen MR) is 82.3 cm³/mol. The molecule has 0 saturated heterocycles. The zero-order valence-corrected chi connectivity index (χ0v) is 13.5. The Morgan fingerprint density at radius 3 is 3.20 bits per heavy atom. The molecule has 2 aromatic heterocycles. The molecule has 1 aliphatic carbocycles. The summed E-state index contributed by atoms with van der Waals surface area (Å²) >= 11 is 4.79. The van der Waals surface area contributed by atoms with Crippen molar-refractivity contribution in [2.75, 3.05) is 5.32 Å². The van der Waals surface area contributed by atoms with Crippen molar-refractivity contribution in [2.45, 2.75) is 32.6 Å². The fourth-order valence-electron chi connectivity index (χ4n) is 2.44. The largest absolute Gasteiger partial charge is 0.457 e. The summed E-state index contributed by atoms with van der Waals surface area (Å²) in [5.41, 5.74) is 1.65. The molecule has 20 heavy (non-hydrogen) atoms. The van der Waals surface area contributed by atoms with Crippen LogP contribution in [0.4, 0.5) is 5.13 Å². The van der Waals surface area contributed by atoms with Gasteiger partial charge < -0.3 is 4.42 Å². The van der Waals surface area contributed by atoms with Crippen LogP contribution in [0.3, 0.4) is 0 Å². The number of aryl methyl sites for hydroxylation is 1. The molecule has 2 heterocycles.